The van der Waals surface area contributed by atoms with Crippen LogP contribution in [0.2, 0.25) is 0 Å². The number of methoxy groups -OCH3 is 1. The molecule has 0 fully saturated rings. The van der Waals surface area contributed by atoms with Gasteiger partial charge < -0.3 is 4.74 Å². The molecule has 1 aromatic carbocycles. The SMILES string of the molecule is COCc1nnc(NC(=O)Cn2cnc3sc(C)c(-c4ccc(Br)cc4)c3c2=O)s1. The Labute approximate surface area is 187 Å². The topological polar surface area (TPSA) is 99.0 Å². The third-order valence-corrected chi connectivity index (χ3v) is 6.64. The first kappa shape index (κ1) is 20.8. The maximum atomic E-state index is 13.2. The zero-order chi connectivity index (χ0) is 21.3. The van der Waals surface area contributed by atoms with Crippen LogP contribution in [0.1, 0.15) is 9.88 Å². The highest BCUT2D eigenvalue weighted by Crippen LogP contribution is 2.35. The number of benzene rings is 1. The van der Waals surface area contributed by atoms with Crippen molar-refractivity contribution in [3.8, 4) is 11.1 Å². The van der Waals surface area contributed by atoms with Gasteiger partial charge in [0.15, 0.2) is 0 Å². The first-order valence-electron chi connectivity index (χ1n) is 8.82. The summed E-state index contributed by atoms with van der Waals surface area (Å²) in [7, 11) is 1.56. The number of fused-ring (bicyclic) bond motifs is 1. The molecule has 4 aromatic rings. The van der Waals surface area contributed by atoms with E-state index in [1.165, 1.54) is 33.6 Å². The van der Waals surface area contributed by atoms with Gasteiger partial charge in [-0.15, -0.1) is 21.5 Å². The van der Waals surface area contributed by atoms with E-state index in [-0.39, 0.29) is 18.0 Å². The molecule has 0 atom stereocenters. The van der Waals surface area contributed by atoms with E-state index in [9.17, 15) is 9.59 Å². The molecule has 154 valence electrons. The highest BCUT2D eigenvalue weighted by atomic mass is 79.9. The van der Waals surface area contributed by atoms with Gasteiger partial charge >= 0.3 is 0 Å². The van der Waals surface area contributed by atoms with Crippen LogP contribution < -0.4 is 10.9 Å². The molecule has 1 amide bonds. The van der Waals surface area contributed by atoms with Crippen LogP contribution in [0, 0.1) is 6.92 Å². The molecule has 0 saturated carbocycles. The number of rotatable bonds is 6. The van der Waals surface area contributed by atoms with E-state index in [1.807, 2.05) is 31.2 Å². The molecule has 4 rings (SSSR count). The van der Waals surface area contributed by atoms with E-state index >= 15 is 0 Å². The van der Waals surface area contributed by atoms with Gasteiger partial charge in [-0.2, -0.15) is 0 Å². The number of hydrogen-bond donors (Lipinski definition) is 1. The first-order chi connectivity index (χ1) is 14.5. The quantitative estimate of drug-likeness (QED) is 0.427. The van der Waals surface area contributed by atoms with Crippen molar-refractivity contribution < 1.29 is 9.53 Å². The second-order valence-electron chi connectivity index (χ2n) is 6.38. The molecule has 0 bridgehead atoms. The molecule has 8 nitrogen and oxygen atoms in total. The second-order valence-corrected chi connectivity index (χ2v) is 9.56. The van der Waals surface area contributed by atoms with Gasteiger partial charge in [-0.05, 0) is 24.6 Å². The normalized spacial score (nSPS) is 11.2. The minimum absolute atomic E-state index is 0.171. The molecule has 11 heteroatoms. The second kappa shape index (κ2) is 8.72. The summed E-state index contributed by atoms with van der Waals surface area (Å²) in [5, 5.41) is 12.0. The molecule has 3 aromatic heterocycles. The zero-order valence-electron chi connectivity index (χ0n) is 16.0. The Bertz CT molecular complexity index is 1280. The molecule has 0 aliphatic heterocycles. The average Bonchev–Trinajstić information content (AvgIpc) is 3.29. The third-order valence-electron chi connectivity index (χ3n) is 4.28. The smallest absolute Gasteiger partial charge is 0.263 e. The van der Waals surface area contributed by atoms with Gasteiger partial charge in [0.1, 0.15) is 23.0 Å². The Hall–Kier alpha value is -2.47. The number of anilines is 1. The molecular formula is C19H16BrN5O3S2. The van der Waals surface area contributed by atoms with Gasteiger partial charge in [0.05, 0.1) is 11.7 Å². The lowest BCUT2D eigenvalue weighted by molar-refractivity contribution is -0.116. The number of halogens is 1. The van der Waals surface area contributed by atoms with Crippen molar-refractivity contribution in [3.63, 3.8) is 0 Å². The lowest BCUT2D eigenvalue weighted by atomic mass is 10.0. The minimum atomic E-state index is -0.379. The Balaban J connectivity index is 1.64. The largest absolute Gasteiger partial charge is 0.377 e. The monoisotopic (exact) mass is 505 g/mol. The number of carbonyl (C=O) groups is 1. The zero-order valence-corrected chi connectivity index (χ0v) is 19.2. The summed E-state index contributed by atoms with van der Waals surface area (Å²) in [6, 6.07) is 7.77. The number of nitrogens with zero attached hydrogens (tertiary/aromatic N) is 4. The fourth-order valence-corrected chi connectivity index (χ4v) is 5.01. The van der Waals surface area contributed by atoms with Crippen molar-refractivity contribution in [2.45, 2.75) is 20.1 Å². The number of ether oxygens (including phenoxy) is 1. The molecular weight excluding hydrogens is 490 g/mol. The molecule has 0 radical (unpaired) electrons. The molecule has 30 heavy (non-hydrogen) atoms. The van der Waals surface area contributed by atoms with Crippen LogP contribution in [0.4, 0.5) is 5.13 Å². The lowest BCUT2D eigenvalue weighted by Gasteiger charge is -2.06. The number of amides is 1. The van der Waals surface area contributed by atoms with E-state index in [0.29, 0.717) is 27.0 Å². The maximum Gasteiger partial charge on any atom is 0.263 e. The number of thiophene rings is 1. The van der Waals surface area contributed by atoms with Crippen molar-refractivity contribution in [3.05, 3.63) is 55.3 Å². The highest BCUT2D eigenvalue weighted by molar-refractivity contribution is 9.10. The fraction of sp³-hybridized carbons (Fsp3) is 0.211. The number of carbonyl (C=O) groups excluding carboxylic acids is 1. The van der Waals surface area contributed by atoms with Gasteiger partial charge in [0, 0.05) is 22.0 Å². The fourth-order valence-electron chi connectivity index (χ4n) is 3.01. The summed E-state index contributed by atoms with van der Waals surface area (Å²) in [6.07, 6.45) is 1.40. The summed E-state index contributed by atoms with van der Waals surface area (Å²) >= 11 is 6.12. The maximum absolute atomic E-state index is 13.2. The van der Waals surface area contributed by atoms with Crippen LogP contribution in [0.5, 0.6) is 0 Å². The Morgan fingerprint density at radius 3 is 2.73 bits per heavy atom. The highest BCUT2D eigenvalue weighted by Gasteiger charge is 2.18. The van der Waals surface area contributed by atoms with E-state index in [0.717, 1.165) is 20.5 Å². The number of nitrogens with one attached hydrogen (secondary N) is 1. The Kier molecular flexibility index (Phi) is 6.04. The third kappa shape index (κ3) is 4.19. The van der Waals surface area contributed by atoms with E-state index < -0.39 is 0 Å². The van der Waals surface area contributed by atoms with E-state index in [1.54, 1.807) is 7.11 Å². The molecule has 1 N–H and O–H groups in total. The lowest BCUT2D eigenvalue weighted by Crippen LogP contribution is -2.27. The van der Waals surface area contributed by atoms with Crippen molar-refractivity contribution in [1.82, 2.24) is 19.7 Å². The van der Waals surface area contributed by atoms with Crippen LogP contribution in [-0.2, 0) is 22.7 Å². The summed E-state index contributed by atoms with van der Waals surface area (Å²) in [5.74, 6) is -0.379. The average molecular weight is 506 g/mol. The van der Waals surface area contributed by atoms with E-state index in [2.05, 4.69) is 36.4 Å². The summed E-state index contributed by atoms with van der Waals surface area (Å²) < 4.78 is 7.26. The van der Waals surface area contributed by atoms with Crippen LogP contribution in [0.15, 0.2) is 39.9 Å². The van der Waals surface area contributed by atoms with Gasteiger partial charge in [-0.25, -0.2) is 4.98 Å². The first-order valence-corrected chi connectivity index (χ1v) is 11.2. The molecule has 0 aliphatic carbocycles. The minimum Gasteiger partial charge on any atom is -0.377 e. The van der Waals surface area contributed by atoms with Gasteiger partial charge in [-0.1, -0.05) is 39.4 Å². The van der Waals surface area contributed by atoms with Gasteiger partial charge in [0.2, 0.25) is 11.0 Å². The van der Waals surface area contributed by atoms with Crippen molar-refractivity contribution in [2.24, 2.45) is 0 Å². The molecule has 0 unspecified atom stereocenters. The summed E-state index contributed by atoms with van der Waals surface area (Å²) in [6.45, 7) is 2.12. The van der Waals surface area contributed by atoms with E-state index in [4.69, 9.17) is 4.74 Å². The standard InChI is InChI=1S/C19H16BrN5O3S2/c1-10-15(11-3-5-12(20)6-4-11)16-17(29-10)21-9-25(18(16)27)7-13(26)22-19-24-23-14(30-19)8-28-2/h3-6,9H,7-8H2,1-2H3,(H,22,24,26). The Morgan fingerprint density at radius 2 is 2.00 bits per heavy atom. The van der Waals surface area contributed by atoms with Gasteiger partial charge in [-0.3, -0.25) is 19.5 Å². The van der Waals surface area contributed by atoms with Crippen LogP contribution in [0.25, 0.3) is 21.3 Å². The number of aryl methyl sites for hydroxylation is 1. The Morgan fingerprint density at radius 1 is 1.23 bits per heavy atom. The van der Waals surface area contributed by atoms with Crippen LogP contribution >= 0.6 is 38.6 Å². The van der Waals surface area contributed by atoms with Crippen LogP contribution in [-0.4, -0.2) is 32.8 Å². The predicted molar refractivity (Wildman–Crippen MR) is 121 cm³/mol. The molecule has 3 heterocycles. The van der Waals surface area contributed by atoms with Crippen LogP contribution in [0.3, 0.4) is 0 Å². The van der Waals surface area contributed by atoms with Gasteiger partial charge in [0.25, 0.3) is 5.56 Å². The van der Waals surface area contributed by atoms with Crippen molar-refractivity contribution in [1.29, 1.82) is 0 Å². The van der Waals surface area contributed by atoms with Crippen molar-refractivity contribution >= 4 is 59.9 Å². The van der Waals surface area contributed by atoms with Crippen molar-refractivity contribution in [2.75, 3.05) is 12.4 Å². The predicted octanol–water partition coefficient (Wildman–Crippen LogP) is 3.83. The molecule has 0 aliphatic rings. The molecule has 0 saturated heterocycles. The number of hydrogen-bond acceptors (Lipinski definition) is 8. The number of aromatic nitrogens is 4. The summed E-state index contributed by atoms with van der Waals surface area (Å²) in [5.41, 5.74) is 1.53. The molecule has 0 spiro atoms. The summed E-state index contributed by atoms with van der Waals surface area (Å²) in [4.78, 5) is 31.7.